The van der Waals surface area contributed by atoms with Crippen LogP contribution in [0.5, 0.6) is 0 Å². The van der Waals surface area contributed by atoms with Crippen molar-refractivity contribution in [1.29, 1.82) is 0 Å². The van der Waals surface area contributed by atoms with Gasteiger partial charge in [-0.2, -0.15) is 0 Å². The zero-order valence-electron chi connectivity index (χ0n) is 9.94. The molecule has 3 rings (SSSR count). The van der Waals surface area contributed by atoms with E-state index in [9.17, 15) is 0 Å². The molecule has 0 amide bonds. The lowest BCUT2D eigenvalue weighted by Crippen LogP contribution is -2.43. The molecule has 1 aliphatic heterocycles. The number of oxazole rings is 1. The molecule has 0 atom stereocenters. The van der Waals surface area contributed by atoms with Crippen LogP contribution < -0.4 is 5.32 Å². The third-order valence-corrected chi connectivity index (χ3v) is 3.22. The van der Waals surface area contributed by atoms with Crippen LogP contribution >= 0.6 is 0 Å². The largest absolute Gasteiger partial charge is 0.441 e. The highest BCUT2D eigenvalue weighted by Crippen LogP contribution is 2.22. The fourth-order valence-electron chi connectivity index (χ4n) is 2.00. The highest BCUT2D eigenvalue weighted by Gasteiger charge is 2.19. The van der Waals surface area contributed by atoms with Crippen molar-refractivity contribution in [3.05, 3.63) is 41.9 Å². The van der Waals surface area contributed by atoms with E-state index >= 15 is 0 Å². The Hall–Kier alpha value is -1.61. The van der Waals surface area contributed by atoms with Gasteiger partial charge in [-0.15, -0.1) is 0 Å². The molecule has 0 aliphatic carbocycles. The van der Waals surface area contributed by atoms with Crippen LogP contribution in [0.3, 0.4) is 0 Å². The van der Waals surface area contributed by atoms with Gasteiger partial charge < -0.3 is 9.73 Å². The summed E-state index contributed by atoms with van der Waals surface area (Å²) in [5, 5.41) is 3.26. The fraction of sp³-hybridized carbons (Fsp3) is 0.357. The van der Waals surface area contributed by atoms with Gasteiger partial charge in [0, 0.05) is 12.0 Å². The average Bonchev–Trinajstić information content (AvgIpc) is 2.73. The lowest BCUT2D eigenvalue weighted by atomic mass is 10.00. The minimum Gasteiger partial charge on any atom is -0.441 e. The van der Waals surface area contributed by atoms with Crippen LogP contribution in [0.2, 0.25) is 0 Å². The highest BCUT2D eigenvalue weighted by molar-refractivity contribution is 5.56. The maximum atomic E-state index is 5.78. The van der Waals surface area contributed by atoms with E-state index in [2.05, 4.69) is 41.5 Å². The second-order valence-corrected chi connectivity index (χ2v) is 4.71. The molecule has 1 aliphatic rings. The van der Waals surface area contributed by atoms with Crippen LogP contribution in [0.4, 0.5) is 0 Å². The van der Waals surface area contributed by atoms with Gasteiger partial charge in [-0.3, -0.25) is 0 Å². The molecule has 2 heterocycles. The number of hydrogen-bond acceptors (Lipinski definition) is 3. The van der Waals surface area contributed by atoms with Crippen LogP contribution in [-0.4, -0.2) is 18.1 Å². The summed E-state index contributed by atoms with van der Waals surface area (Å²) in [5.41, 5.74) is 2.36. The first-order valence-electron chi connectivity index (χ1n) is 6.04. The number of aromatic nitrogens is 1. The second-order valence-electron chi connectivity index (χ2n) is 4.71. The number of nitrogens with one attached hydrogen (secondary N) is 1. The smallest absolute Gasteiger partial charge is 0.195 e. The molecule has 1 aromatic carbocycles. The van der Waals surface area contributed by atoms with Crippen LogP contribution in [0.25, 0.3) is 11.3 Å². The number of aryl methyl sites for hydroxylation is 1. The van der Waals surface area contributed by atoms with Crippen molar-refractivity contribution in [1.82, 2.24) is 10.3 Å². The third kappa shape index (κ3) is 2.24. The summed E-state index contributed by atoms with van der Waals surface area (Å²) in [6, 6.07) is 8.33. The van der Waals surface area contributed by atoms with Gasteiger partial charge in [-0.25, -0.2) is 4.98 Å². The molecule has 0 saturated carbocycles. The van der Waals surface area contributed by atoms with Gasteiger partial charge in [0.15, 0.2) is 11.7 Å². The van der Waals surface area contributed by atoms with Crippen molar-refractivity contribution in [3.8, 4) is 11.3 Å². The van der Waals surface area contributed by atoms with Crippen LogP contribution in [0.15, 0.2) is 34.9 Å². The maximum Gasteiger partial charge on any atom is 0.195 e. The predicted octanol–water partition coefficient (Wildman–Crippen LogP) is 2.41. The molecule has 0 radical (unpaired) electrons. The van der Waals surface area contributed by atoms with E-state index in [1.165, 1.54) is 5.56 Å². The van der Waals surface area contributed by atoms with Crippen molar-refractivity contribution in [3.63, 3.8) is 0 Å². The quantitative estimate of drug-likeness (QED) is 0.876. The molecule has 0 bridgehead atoms. The Morgan fingerprint density at radius 3 is 2.71 bits per heavy atom. The summed E-state index contributed by atoms with van der Waals surface area (Å²) in [5.74, 6) is 2.42. The zero-order valence-corrected chi connectivity index (χ0v) is 9.94. The lowest BCUT2D eigenvalue weighted by molar-refractivity contribution is 0.319. The van der Waals surface area contributed by atoms with E-state index in [4.69, 9.17) is 4.42 Å². The van der Waals surface area contributed by atoms with E-state index in [1.807, 2.05) is 6.20 Å². The van der Waals surface area contributed by atoms with Crippen molar-refractivity contribution >= 4 is 0 Å². The molecule has 1 saturated heterocycles. The average molecular weight is 228 g/mol. The highest BCUT2D eigenvalue weighted by atomic mass is 16.4. The van der Waals surface area contributed by atoms with Crippen molar-refractivity contribution in [2.75, 3.05) is 13.1 Å². The van der Waals surface area contributed by atoms with E-state index in [0.717, 1.165) is 36.7 Å². The molecule has 88 valence electrons. The summed E-state index contributed by atoms with van der Waals surface area (Å²) < 4.78 is 5.78. The van der Waals surface area contributed by atoms with E-state index < -0.39 is 0 Å². The Bertz CT molecular complexity index is 497. The van der Waals surface area contributed by atoms with E-state index in [0.29, 0.717) is 5.92 Å². The predicted molar refractivity (Wildman–Crippen MR) is 66.7 cm³/mol. The normalized spacial score (nSPS) is 15.8. The number of hydrogen-bond donors (Lipinski definition) is 1. The van der Waals surface area contributed by atoms with Gasteiger partial charge in [0.25, 0.3) is 0 Å². The zero-order chi connectivity index (χ0) is 11.7. The molecule has 0 unspecified atom stereocenters. The first kappa shape index (κ1) is 10.5. The van der Waals surface area contributed by atoms with Gasteiger partial charge in [-0.1, -0.05) is 29.8 Å². The van der Waals surface area contributed by atoms with Crippen molar-refractivity contribution < 1.29 is 4.42 Å². The molecule has 17 heavy (non-hydrogen) atoms. The molecule has 1 fully saturated rings. The molecular formula is C14H16N2O. The summed E-state index contributed by atoms with van der Waals surface area (Å²) in [7, 11) is 0. The summed E-state index contributed by atoms with van der Waals surface area (Å²) in [4.78, 5) is 4.34. The second kappa shape index (κ2) is 4.34. The van der Waals surface area contributed by atoms with E-state index in [-0.39, 0.29) is 0 Å². The van der Waals surface area contributed by atoms with Gasteiger partial charge in [-0.05, 0) is 25.9 Å². The Kier molecular flexibility index (Phi) is 2.69. The molecule has 2 aromatic rings. The number of nitrogens with zero attached hydrogens (tertiary/aromatic N) is 1. The summed E-state index contributed by atoms with van der Waals surface area (Å²) >= 11 is 0. The molecule has 0 spiro atoms. The third-order valence-electron chi connectivity index (χ3n) is 3.22. The Morgan fingerprint density at radius 1 is 1.29 bits per heavy atom. The first-order valence-corrected chi connectivity index (χ1v) is 6.04. The standard InChI is InChI=1S/C14H16N2O/c1-10-2-4-12(5-3-10)13-9-16-14(17-13)6-11-7-15-8-11/h2-5,9,11,15H,6-8H2,1H3. The van der Waals surface area contributed by atoms with Crippen molar-refractivity contribution in [2.45, 2.75) is 13.3 Å². The van der Waals surface area contributed by atoms with Crippen LogP contribution in [-0.2, 0) is 6.42 Å². The van der Waals surface area contributed by atoms with Gasteiger partial charge in [0.2, 0.25) is 0 Å². The van der Waals surface area contributed by atoms with Gasteiger partial charge in [0.1, 0.15) is 0 Å². The molecular weight excluding hydrogens is 212 g/mol. The first-order chi connectivity index (χ1) is 8.31. The Labute approximate surface area is 101 Å². The molecule has 1 N–H and O–H groups in total. The van der Waals surface area contributed by atoms with Crippen LogP contribution in [0.1, 0.15) is 11.5 Å². The topological polar surface area (TPSA) is 38.1 Å². The van der Waals surface area contributed by atoms with Crippen LogP contribution in [0, 0.1) is 12.8 Å². The monoisotopic (exact) mass is 228 g/mol. The van der Waals surface area contributed by atoms with E-state index in [1.54, 1.807) is 0 Å². The summed E-state index contributed by atoms with van der Waals surface area (Å²) in [6.07, 6.45) is 2.77. The Balaban J connectivity index is 1.76. The number of benzene rings is 1. The van der Waals surface area contributed by atoms with Gasteiger partial charge in [0.05, 0.1) is 6.20 Å². The Morgan fingerprint density at radius 2 is 2.06 bits per heavy atom. The minimum atomic E-state index is 0.694. The minimum absolute atomic E-state index is 0.694. The SMILES string of the molecule is Cc1ccc(-c2cnc(CC3CNC3)o2)cc1. The molecule has 3 heteroatoms. The van der Waals surface area contributed by atoms with Crippen molar-refractivity contribution in [2.24, 2.45) is 5.92 Å². The molecule has 3 nitrogen and oxygen atoms in total. The lowest BCUT2D eigenvalue weighted by Gasteiger charge is -2.25. The summed E-state index contributed by atoms with van der Waals surface area (Å²) in [6.45, 7) is 4.25. The van der Waals surface area contributed by atoms with Gasteiger partial charge >= 0.3 is 0 Å². The number of rotatable bonds is 3. The maximum absolute atomic E-state index is 5.78. The fourth-order valence-corrected chi connectivity index (χ4v) is 2.00. The molecule has 1 aromatic heterocycles.